The van der Waals surface area contributed by atoms with Crippen molar-refractivity contribution < 1.29 is 85.9 Å². The molecule has 0 unspecified atom stereocenters. The van der Waals surface area contributed by atoms with Crippen LogP contribution in [0.3, 0.4) is 0 Å². The standard InChI is InChI=1S/2C7H9N.6ClH/c2*8-6-7-4-2-1-3-5-7;;;;;;/h2*1-5H,6,8H2;6*1H/p-4. The molecule has 0 aliphatic rings. The van der Waals surface area contributed by atoms with Gasteiger partial charge in [-0.3, -0.25) is 0 Å². The molecule has 132 valence electrons. The Morgan fingerprint density at radius 1 is 0.455 bits per heavy atom. The summed E-state index contributed by atoms with van der Waals surface area (Å²) in [5, 5.41) is 0. The maximum atomic E-state index is 3.76. The minimum Gasteiger partial charge on any atom is -1.00 e. The first-order valence-corrected chi connectivity index (χ1v) is 5.53. The molecule has 0 bridgehead atoms. The molecule has 2 aromatic carbocycles. The molecule has 22 heavy (non-hydrogen) atoms. The van der Waals surface area contributed by atoms with Crippen LogP contribution < -0.4 is 85.9 Å². The number of quaternary nitrogens is 2. The summed E-state index contributed by atoms with van der Waals surface area (Å²) in [6.45, 7) is 1.78. The van der Waals surface area contributed by atoms with Crippen LogP contribution in [0.5, 0.6) is 0 Å². The molecule has 0 aliphatic carbocycles. The van der Waals surface area contributed by atoms with Gasteiger partial charge in [-0.1, -0.05) is 60.7 Å². The molecule has 0 fully saturated rings. The molecule has 0 radical (unpaired) electrons. The van der Waals surface area contributed by atoms with Gasteiger partial charge in [0.05, 0.1) is 13.1 Å². The predicted molar refractivity (Wildman–Crippen MR) is 66.1 cm³/mol. The Morgan fingerprint density at radius 2 is 0.682 bits per heavy atom. The van der Waals surface area contributed by atoms with Crippen LogP contribution in [0.4, 0.5) is 0 Å². The molecule has 0 heterocycles. The number of hydrogen-bond acceptors (Lipinski definition) is 0. The fourth-order valence-electron chi connectivity index (χ4n) is 1.29. The third-order valence-corrected chi connectivity index (χ3v) is 2.26. The van der Waals surface area contributed by atoms with Crippen molar-refractivity contribution in [2.45, 2.75) is 13.1 Å². The lowest BCUT2D eigenvalue weighted by Gasteiger charge is -1.87. The minimum absolute atomic E-state index is 0. The van der Waals surface area contributed by atoms with Crippen LogP contribution in [0.25, 0.3) is 0 Å². The van der Waals surface area contributed by atoms with Crippen molar-refractivity contribution in [1.82, 2.24) is 0 Å². The number of rotatable bonds is 2. The summed E-state index contributed by atoms with van der Waals surface area (Å²) in [5.74, 6) is 0. The first-order chi connectivity index (χ1) is 7.86. The van der Waals surface area contributed by atoms with Gasteiger partial charge in [-0.2, -0.15) is 0 Å². The van der Waals surface area contributed by atoms with Crippen molar-refractivity contribution in [2.24, 2.45) is 0 Å². The van der Waals surface area contributed by atoms with Gasteiger partial charge in [0.1, 0.15) is 0 Å². The second-order valence-corrected chi connectivity index (χ2v) is 3.47. The Morgan fingerprint density at radius 3 is 0.818 bits per heavy atom. The zero-order valence-electron chi connectivity index (χ0n) is 11.9. The van der Waals surface area contributed by atoms with E-state index in [-0.39, 0.29) is 74.4 Å². The van der Waals surface area contributed by atoms with E-state index in [1.165, 1.54) is 11.1 Å². The summed E-state index contributed by atoms with van der Waals surface area (Å²) in [6, 6.07) is 20.4. The molecule has 0 aromatic heterocycles. The summed E-state index contributed by atoms with van der Waals surface area (Å²) in [5.41, 5.74) is 10.1. The molecular formula is C14H20Cl6N2-4. The van der Waals surface area contributed by atoms with E-state index in [1.807, 2.05) is 36.4 Å². The van der Waals surface area contributed by atoms with Crippen molar-refractivity contribution in [3.05, 3.63) is 71.8 Å². The highest BCUT2D eigenvalue weighted by molar-refractivity contribution is 5.13. The highest BCUT2D eigenvalue weighted by Gasteiger charge is 1.83. The van der Waals surface area contributed by atoms with E-state index in [4.69, 9.17) is 0 Å². The summed E-state index contributed by atoms with van der Waals surface area (Å²) >= 11 is 0. The topological polar surface area (TPSA) is 55.3 Å². The number of benzene rings is 2. The lowest BCUT2D eigenvalue weighted by Crippen LogP contribution is -3.00. The summed E-state index contributed by atoms with van der Waals surface area (Å²) in [7, 11) is 0. The molecule has 0 atom stereocenters. The van der Waals surface area contributed by atoms with Gasteiger partial charge in [0, 0.05) is 11.1 Å². The minimum atomic E-state index is 0. The molecule has 0 saturated heterocycles. The van der Waals surface area contributed by atoms with Gasteiger partial charge >= 0.3 is 0 Å². The average molecular weight is 429 g/mol. The third-order valence-electron chi connectivity index (χ3n) is 2.26. The SMILES string of the molecule is [Cl-].[Cl-].[Cl-].[Cl-].[Cl-].[Cl-].[NH3+]Cc1ccccc1.[NH3+]Cc1ccccc1. The summed E-state index contributed by atoms with van der Waals surface area (Å²) < 4.78 is 0. The van der Waals surface area contributed by atoms with Crippen molar-refractivity contribution in [2.75, 3.05) is 0 Å². The smallest absolute Gasteiger partial charge is 0.0997 e. The van der Waals surface area contributed by atoms with Gasteiger partial charge in [-0.05, 0) is 0 Å². The predicted octanol–water partition coefficient (Wildman–Crippen LogP) is -17.1. The van der Waals surface area contributed by atoms with Crippen LogP contribution in [-0.4, -0.2) is 0 Å². The molecule has 2 aromatic rings. The average Bonchev–Trinajstić information content (AvgIpc) is 2.41. The number of halogens is 6. The zero-order chi connectivity index (χ0) is 11.6. The third kappa shape index (κ3) is 18.1. The van der Waals surface area contributed by atoms with Gasteiger partial charge in [0.25, 0.3) is 0 Å². The van der Waals surface area contributed by atoms with Crippen LogP contribution >= 0.6 is 0 Å². The summed E-state index contributed by atoms with van der Waals surface area (Å²) in [4.78, 5) is 0. The molecule has 0 saturated carbocycles. The van der Waals surface area contributed by atoms with E-state index in [0.717, 1.165) is 13.1 Å². The van der Waals surface area contributed by atoms with Crippen LogP contribution in [0.15, 0.2) is 60.7 Å². The van der Waals surface area contributed by atoms with E-state index in [9.17, 15) is 0 Å². The number of hydrogen-bond donors (Lipinski definition) is 2. The Kier molecular flexibility index (Phi) is 44.9. The zero-order valence-corrected chi connectivity index (χ0v) is 16.4. The highest BCUT2D eigenvalue weighted by Crippen LogP contribution is 1.93. The van der Waals surface area contributed by atoms with Gasteiger partial charge in [-0.15, -0.1) is 0 Å². The second-order valence-electron chi connectivity index (χ2n) is 3.47. The summed E-state index contributed by atoms with van der Waals surface area (Å²) in [6.07, 6.45) is 0. The fraction of sp³-hybridized carbons (Fsp3) is 0.143. The normalized spacial score (nSPS) is 6.64. The largest absolute Gasteiger partial charge is 1.00 e. The van der Waals surface area contributed by atoms with Crippen molar-refractivity contribution >= 4 is 0 Å². The molecule has 6 N–H and O–H groups in total. The van der Waals surface area contributed by atoms with Gasteiger partial charge in [-0.25, -0.2) is 0 Å². The molecule has 0 spiro atoms. The Labute approximate surface area is 170 Å². The van der Waals surface area contributed by atoms with E-state index < -0.39 is 0 Å². The van der Waals surface area contributed by atoms with Crippen LogP contribution in [0.2, 0.25) is 0 Å². The van der Waals surface area contributed by atoms with Gasteiger partial charge in [0.15, 0.2) is 0 Å². The first-order valence-electron chi connectivity index (χ1n) is 5.53. The molecule has 8 heteroatoms. The van der Waals surface area contributed by atoms with Crippen molar-refractivity contribution in [3.63, 3.8) is 0 Å². The Hall–Kier alpha value is 0.100. The molecule has 0 amide bonds. The molecular weight excluding hydrogens is 409 g/mol. The molecule has 2 rings (SSSR count). The van der Waals surface area contributed by atoms with Crippen LogP contribution in [-0.2, 0) is 13.1 Å². The fourth-order valence-corrected chi connectivity index (χ4v) is 1.29. The Bertz CT molecular complexity index is 350. The van der Waals surface area contributed by atoms with E-state index in [1.54, 1.807) is 0 Å². The quantitative estimate of drug-likeness (QED) is 0.477. The molecule has 2 nitrogen and oxygen atoms in total. The van der Waals surface area contributed by atoms with E-state index in [0.29, 0.717) is 0 Å². The monoisotopic (exact) mass is 426 g/mol. The van der Waals surface area contributed by atoms with Crippen molar-refractivity contribution in [3.8, 4) is 0 Å². The van der Waals surface area contributed by atoms with Gasteiger partial charge < -0.3 is 85.9 Å². The highest BCUT2D eigenvalue weighted by atomic mass is 35.5. The van der Waals surface area contributed by atoms with Crippen molar-refractivity contribution in [1.29, 1.82) is 0 Å². The maximum absolute atomic E-state index is 3.76. The van der Waals surface area contributed by atoms with Crippen LogP contribution in [0.1, 0.15) is 11.1 Å². The van der Waals surface area contributed by atoms with Crippen LogP contribution in [0, 0.1) is 0 Å². The lowest BCUT2D eigenvalue weighted by molar-refractivity contribution is -0.386. The van der Waals surface area contributed by atoms with Gasteiger partial charge in [0.2, 0.25) is 0 Å². The molecule has 0 aliphatic heterocycles. The first kappa shape index (κ1) is 38.0. The van der Waals surface area contributed by atoms with E-state index >= 15 is 0 Å². The maximum Gasteiger partial charge on any atom is 0.0997 e. The second kappa shape index (κ2) is 26.0. The van der Waals surface area contributed by atoms with E-state index in [2.05, 4.69) is 35.7 Å². The lowest BCUT2D eigenvalue weighted by atomic mass is 10.2. The Balaban J connectivity index is -0.0000000457.